The highest BCUT2D eigenvalue weighted by Gasteiger charge is 2.16. The number of carboxylic acid groups (broad SMARTS) is 1. The van der Waals surface area contributed by atoms with Gasteiger partial charge in [-0.3, -0.25) is 0 Å². The lowest BCUT2D eigenvalue weighted by Gasteiger charge is -2.17. The maximum absolute atomic E-state index is 11.9. The number of carbonyl (C=O) groups is 1. The van der Waals surface area contributed by atoms with Gasteiger partial charge < -0.3 is 15.2 Å². The Kier molecular flexibility index (Phi) is 4.65. The zero-order valence-electron chi connectivity index (χ0n) is 8.27. The first-order chi connectivity index (χ1) is 7.59. The van der Waals surface area contributed by atoms with Crippen molar-refractivity contribution in [1.29, 1.82) is 0 Å². The van der Waals surface area contributed by atoms with Gasteiger partial charge in [0.05, 0.1) is 12.6 Å². The highest BCUT2D eigenvalue weighted by Crippen LogP contribution is 2.14. The molecule has 0 aromatic heterocycles. The van der Waals surface area contributed by atoms with Gasteiger partial charge in [0.15, 0.2) is 0 Å². The minimum atomic E-state index is -2.91. The van der Waals surface area contributed by atoms with Gasteiger partial charge in [0.2, 0.25) is 0 Å². The van der Waals surface area contributed by atoms with Gasteiger partial charge in [-0.2, -0.15) is 8.78 Å². The van der Waals surface area contributed by atoms with E-state index in [1.165, 1.54) is 0 Å². The van der Waals surface area contributed by atoms with Crippen molar-refractivity contribution in [2.24, 2.45) is 0 Å². The van der Waals surface area contributed by atoms with Crippen molar-refractivity contribution in [2.45, 2.75) is 12.7 Å². The summed E-state index contributed by atoms with van der Waals surface area (Å²) in [6.45, 7) is -3.32. The SMILES string of the molecule is O=C(O)NC(COC(F)F)c1ccccc1. The minimum Gasteiger partial charge on any atom is -0.465 e. The van der Waals surface area contributed by atoms with Crippen LogP contribution in [0.1, 0.15) is 11.6 Å². The molecule has 2 N–H and O–H groups in total. The number of ether oxygens (including phenoxy) is 1. The van der Waals surface area contributed by atoms with Gasteiger partial charge in [0.25, 0.3) is 0 Å². The van der Waals surface area contributed by atoms with Crippen LogP contribution in [0, 0.1) is 0 Å². The van der Waals surface area contributed by atoms with Crippen molar-refractivity contribution in [1.82, 2.24) is 5.32 Å². The van der Waals surface area contributed by atoms with Crippen LogP contribution in [0.25, 0.3) is 0 Å². The van der Waals surface area contributed by atoms with Crippen LogP contribution in [-0.4, -0.2) is 24.4 Å². The maximum Gasteiger partial charge on any atom is 0.405 e. The topological polar surface area (TPSA) is 58.6 Å². The molecule has 1 atom stereocenters. The fourth-order valence-electron chi connectivity index (χ4n) is 1.22. The molecule has 88 valence electrons. The number of halogens is 2. The van der Waals surface area contributed by atoms with Gasteiger partial charge >= 0.3 is 12.7 Å². The van der Waals surface area contributed by atoms with E-state index in [2.05, 4.69) is 10.1 Å². The summed E-state index contributed by atoms with van der Waals surface area (Å²) < 4.78 is 27.8. The van der Waals surface area contributed by atoms with Crippen LogP contribution in [0.3, 0.4) is 0 Å². The Morgan fingerprint density at radius 1 is 1.38 bits per heavy atom. The van der Waals surface area contributed by atoms with Gasteiger partial charge in [0, 0.05) is 0 Å². The second kappa shape index (κ2) is 6.02. The van der Waals surface area contributed by atoms with Crippen LogP contribution in [-0.2, 0) is 4.74 Å². The Bertz CT molecular complexity index is 332. The lowest BCUT2D eigenvalue weighted by atomic mass is 10.1. The number of hydrogen-bond donors (Lipinski definition) is 2. The van der Waals surface area contributed by atoms with Crippen LogP contribution in [0.4, 0.5) is 13.6 Å². The number of benzene rings is 1. The molecular weight excluding hydrogens is 220 g/mol. The van der Waals surface area contributed by atoms with Crippen LogP contribution in [0.15, 0.2) is 30.3 Å². The summed E-state index contributed by atoms with van der Waals surface area (Å²) in [5.74, 6) is 0. The number of alkyl halides is 2. The Morgan fingerprint density at radius 3 is 2.50 bits per heavy atom. The number of nitrogens with one attached hydrogen (secondary N) is 1. The van der Waals surface area contributed by atoms with E-state index in [1.807, 2.05) is 0 Å². The van der Waals surface area contributed by atoms with E-state index in [9.17, 15) is 13.6 Å². The van der Waals surface area contributed by atoms with Gasteiger partial charge in [0.1, 0.15) is 0 Å². The van der Waals surface area contributed by atoms with Gasteiger partial charge in [-0.1, -0.05) is 30.3 Å². The highest BCUT2D eigenvalue weighted by atomic mass is 19.3. The number of hydrogen-bond acceptors (Lipinski definition) is 2. The lowest BCUT2D eigenvalue weighted by molar-refractivity contribution is -0.133. The molecular formula is C10H11F2NO3. The summed E-state index contributed by atoms with van der Waals surface area (Å²) >= 11 is 0. The first-order valence-electron chi connectivity index (χ1n) is 4.53. The van der Waals surface area contributed by atoms with Gasteiger partial charge in [-0.25, -0.2) is 4.79 Å². The maximum atomic E-state index is 11.9. The predicted octanol–water partition coefficient (Wildman–Crippen LogP) is 2.23. The number of rotatable bonds is 5. The second-order valence-electron chi connectivity index (χ2n) is 3.01. The molecule has 0 aliphatic carbocycles. The van der Waals surface area contributed by atoms with Crippen molar-refractivity contribution >= 4 is 6.09 Å². The summed E-state index contributed by atoms with van der Waals surface area (Å²) in [6, 6.07) is 7.59. The molecule has 0 saturated heterocycles. The molecule has 0 saturated carbocycles. The molecule has 0 heterocycles. The smallest absolute Gasteiger partial charge is 0.405 e. The minimum absolute atomic E-state index is 0.409. The van der Waals surface area contributed by atoms with Crippen LogP contribution >= 0.6 is 0 Å². The zero-order chi connectivity index (χ0) is 12.0. The highest BCUT2D eigenvalue weighted by molar-refractivity contribution is 5.65. The van der Waals surface area contributed by atoms with E-state index in [4.69, 9.17) is 5.11 Å². The third-order valence-corrected chi connectivity index (χ3v) is 1.89. The molecule has 0 aliphatic heterocycles. The predicted molar refractivity (Wildman–Crippen MR) is 52.3 cm³/mol. The fourth-order valence-corrected chi connectivity index (χ4v) is 1.22. The van der Waals surface area contributed by atoms with Crippen LogP contribution in [0.5, 0.6) is 0 Å². The van der Waals surface area contributed by atoms with Gasteiger partial charge in [-0.15, -0.1) is 0 Å². The molecule has 1 amide bonds. The monoisotopic (exact) mass is 231 g/mol. The molecule has 0 spiro atoms. The Morgan fingerprint density at radius 2 is 2.00 bits per heavy atom. The summed E-state index contributed by atoms with van der Waals surface area (Å²) in [6.07, 6.45) is -1.29. The molecule has 1 aromatic carbocycles. The summed E-state index contributed by atoms with van der Waals surface area (Å²) in [5, 5.41) is 10.7. The van der Waals surface area contributed by atoms with E-state index in [-0.39, 0.29) is 0 Å². The molecule has 0 aliphatic rings. The number of amides is 1. The normalized spacial score (nSPS) is 12.4. The molecule has 4 nitrogen and oxygen atoms in total. The molecule has 1 aromatic rings. The molecule has 0 bridgehead atoms. The fraction of sp³-hybridized carbons (Fsp3) is 0.300. The molecule has 16 heavy (non-hydrogen) atoms. The van der Waals surface area contributed by atoms with Crippen molar-refractivity contribution in [3.8, 4) is 0 Å². The molecule has 1 unspecified atom stereocenters. The van der Waals surface area contributed by atoms with E-state index in [1.54, 1.807) is 30.3 Å². The Labute approximate surface area is 90.8 Å². The van der Waals surface area contributed by atoms with Crippen molar-refractivity contribution in [3.05, 3.63) is 35.9 Å². The average Bonchev–Trinajstić information content (AvgIpc) is 2.25. The van der Waals surface area contributed by atoms with Crippen LogP contribution < -0.4 is 5.32 Å². The standard InChI is InChI=1S/C10H11F2NO3/c11-9(12)16-6-8(13-10(14)15)7-4-2-1-3-5-7/h1-5,8-9,13H,6H2,(H,14,15). The lowest BCUT2D eigenvalue weighted by Crippen LogP contribution is -2.30. The van der Waals surface area contributed by atoms with Crippen molar-refractivity contribution < 1.29 is 23.4 Å². The van der Waals surface area contributed by atoms with E-state index >= 15 is 0 Å². The third kappa shape index (κ3) is 4.22. The average molecular weight is 231 g/mol. The van der Waals surface area contributed by atoms with E-state index < -0.39 is 25.4 Å². The Hall–Kier alpha value is -1.69. The molecule has 6 heteroatoms. The van der Waals surface area contributed by atoms with Crippen LogP contribution in [0.2, 0.25) is 0 Å². The van der Waals surface area contributed by atoms with E-state index in [0.717, 1.165) is 0 Å². The Balaban J connectivity index is 2.67. The summed E-state index contributed by atoms with van der Waals surface area (Å²) in [4.78, 5) is 10.5. The quantitative estimate of drug-likeness (QED) is 0.816. The van der Waals surface area contributed by atoms with Gasteiger partial charge in [-0.05, 0) is 5.56 Å². The third-order valence-electron chi connectivity index (χ3n) is 1.89. The van der Waals surface area contributed by atoms with E-state index in [0.29, 0.717) is 5.56 Å². The first kappa shape index (κ1) is 12.4. The largest absolute Gasteiger partial charge is 0.465 e. The summed E-state index contributed by atoms with van der Waals surface area (Å²) in [5.41, 5.74) is 0.575. The second-order valence-corrected chi connectivity index (χ2v) is 3.01. The first-order valence-corrected chi connectivity index (χ1v) is 4.53. The molecule has 1 rings (SSSR count). The summed E-state index contributed by atoms with van der Waals surface area (Å²) in [7, 11) is 0. The van der Waals surface area contributed by atoms with Crippen molar-refractivity contribution in [2.75, 3.05) is 6.61 Å². The zero-order valence-corrected chi connectivity index (χ0v) is 8.27. The molecule has 0 radical (unpaired) electrons. The molecule has 0 fully saturated rings. The van der Waals surface area contributed by atoms with Crippen molar-refractivity contribution in [3.63, 3.8) is 0 Å².